The first-order valence-corrected chi connectivity index (χ1v) is 29.5. The van der Waals surface area contributed by atoms with Crippen LogP contribution in [0.15, 0.2) is 205 Å². The van der Waals surface area contributed by atoms with E-state index in [-0.39, 0.29) is 22.4 Å². The highest BCUT2D eigenvalue weighted by molar-refractivity contribution is 6.24. The van der Waals surface area contributed by atoms with Gasteiger partial charge in [0.25, 0.3) is 0 Å². The Labute approximate surface area is 504 Å². The smallest absolute Gasteiger partial charge is 0.145 e. The van der Waals surface area contributed by atoms with Crippen molar-refractivity contribution < 1.29 is 13.3 Å². The Balaban J connectivity index is 0.965. The second-order valence-electron chi connectivity index (χ2n) is 27.0. The molecule has 422 valence electrons. The molecule has 0 spiro atoms. The number of benzene rings is 9. The Hall–Kier alpha value is -9.38. The molecule has 0 bridgehead atoms. The zero-order valence-electron chi connectivity index (χ0n) is 53.7. The van der Waals surface area contributed by atoms with Gasteiger partial charge in [-0.3, -0.25) is 4.57 Å². The highest BCUT2D eigenvalue weighted by Crippen LogP contribution is 2.52. The average molecular weight is 1120 g/mol. The largest absolute Gasteiger partial charge is 0.457 e. The monoisotopic (exact) mass is 1110 g/mol. The molecule has 4 heterocycles. The molecule has 0 atom stereocenters. The number of para-hydroxylation sites is 2. The van der Waals surface area contributed by atoms with E-state index in [1.165, 1.54) is 5.56 Å². The van der Waals surface area contributed by atoms with Crippen molar-refractivity contribution in [2.24, 2.45) is 5.41 Å². The predicted octanol–water partition coefficient (Wildman–Crippen LogP) is 21.5. The zero-order chi connectivity index (χ0) is 62.0. The van der Waals surface area contributed by atoms with E-state index in [0.717, 1.165) is 94.3 Å². The van der Waals surface area contributed by atoms with E-state index in [2.05, 4.69) is 212 Å². The minimum Gasteiger partial charge on any atom is -0.457 e. The number of hydrogen-bond donors (Lipinski definition) is 0. The number of nitriles is 1. The molecule has 0 amide bonds. The van der Waals surface area contributed by atoms with Crippen LogP contribution < -0.4 is 14.5 Å². The molecule has 0 saturated carbocycles. The predicted molar refractivity (Wildman–Crippen MR) is 355 cm³/mol. The number of hydrogen-bond acceptors (Lipinski definition) is 6. The molecule has 12 aromatic rings. The lowest BCUT2D eigenvalue weighted by molar-refractivity contribution is 0.411. The van der Waals surface area contributed by atoms with E-state index in [9.17, 15) is 9.37 Å². The van der Waals surface area contributed by atoms with Crippen LogP contribution in [0.2, 0.25) is 0 Å². The first-order valence-electron chi connectivity index (χ1n) is 31.0. The van der Waals surface area contributed by atoms with Crippen molar-refractivity contribution in [3.8, 4) is 56.8 Å². The maximum absolute atomic E-state index is 10.0. The van der Waals surface area contributed by atoms with Crippen molar-refractivity contribution in [3.05, 3.63) is 228 Å². The van der Waals surface area contributed by atoms with Crippen LogP contribution in [0.25, 0.3) is 82.9 Å². The van der Waals surface area contributed by atoms with Gasteiger partial charge >= 0.3 is 0 Å². The summed E-state index contributed by atoms with van der Waals surface area (Å²) in [7, 11) is 0. The summed E-state index contributed by atoms with van der Waals surface area (Å²) in [5.41, 5.74) is 15.7. The highest BCUT2D eigenvalue weighted by Gasteiger charge is 2.33. The van der Waals surface area contributed by atoms with Crippen LogP contribution in [-0.2, 0) is 22.6 Å². The zero-order valence-corrected chi connectivity index (χ0v) is 50.7. The Kier molecular flexibility index (Phi) is 12.3. The van der Waals surface area contributed by atoms with Crippen LogP contribution in [0.4, 0.5) is 22.7 Å². The number of ether oxygens (including phenoxy) is 1. The molecule has 85 heavy (non-hydrogen) atoms. The van der Waals surface area contributed by atoms with Crippen molar-refractivity contribution in [1.29, 1.82) is 5.26 Å². The van der Waals surface area contributed by atoms with Gasteiger partial charge in [-0.15, -0.1) is 0 Å². The summed E-state index contributed by atoms with van der Waals surface area (Å²) >= 11 is 0. The Morgan fingerprint density at radius 3 is 1.75 bits per heavy atom. The summed E-state index contributed by atoms with van der Waals surface area (Å²) in [6.07, 6.45) is -1.97. The fourth-order valence-corrected chi connectivity index (χ4v) is 12.1. The minimum absolute atomic E-state index is 0.0313. The molecule has 0 unspecified atom stereocenters. The topological polar surface area (TPSA) is 70.5 Å². The van der Waals surface area contributed by atoms with Gasteiger partial charge < -0.3 is 19.0 Å². The molecule has 7 nitrogen and oxygen atoms in total. The first-order chi connectivity index (χ1) is 41.8. The fourth-order valence-electron chi connectivity index (χ4n) is 12.1. The number of fused-ring (bicyclic) bond motifs is 8. The van der Waals surface area contributed by atoms with E-state index in [1.807, 2.05) is 79.9 Å². The summed E-state index contributed by atoms with van der Waals surface area (Å²) in [6.45, 7) is 26.2. The molecule has 0 aliphatic carbocycles. The van der Waals surface area contributed by atoms with E-state index >= 15 is 0 Å². The van der Waals surface area contributed by atoms with Crippen LogP contribution in [0.3, 0.4) is 0 Å². The van der Waals surface area contributed by atoms with Crippen LogP contribution in [0.5, 0.6) is 11.5 Å². The lowest BCUT2D eigenvalue weighted by Crippen LogP contribution is -2.25. The molecule has 7 heteroatoms. The number of anilines is 4. The maximum atomic E-state index is 10.0. The molecule has 9 aromatic carbocycles. The van der Waals surface area contributed by atoms with Gasteiger partial charge in [0.05, 0.1) is 46.5 Å². The summed E-state index contributed by atoms with van der Waals surface area (Å²) in [6, 6.07) is 69.4. The van der Waals surface area contributed by atoms with Gasteiger partial charge in [0.1, 0.15) is 35.2 Å². The second-order valence-corrected chi connectivity index (χ2v) is 27.0. The molecule has 1 aliphatic heterocycles. The lowest BCUT2D eigenvalue weighted by Gasteiger charge is -2.30. The number of furan rings is 1. The molecule has 0 N–H and O–H groups in total. The van der Waals surface area contributed by atoms with Crippen molar-refractivity contribution in [3.63, 3.8) is 0 Å². The first kappa shape index (κ1) is 51.3. The fraction of sp³-hybridized carbons (Fsp3) is 0.231. The molecule has 1 aliphatic rings. The van der Waals surface area contributed by atoms with E-state index in [0.29, 0.717) is 51.8 Å². The van der Waals surface area contributed by atoms with E-state index in [4.69, 9.17) is 14.1 Å². The van der Waals surface area contributed by atoms with Gasteiger partial charge in [-0.05, 0) is 152 Å². The summed E-state index contributed by atoms with van der Waals surface area (Å²) in [5, 5.41) is 13.4. The van der Waals surface area contributed by atoms with Crippen LogP contribution in [-0.4, -0.2) is 16.2 Å². The average Bonchev–Trinajstić information content (AvgIpc) is 1.51. The van der Waals surface area contributed by atoms with Crippen LogP contribution in [0.1, 0.15) is 115 Å². The van der Waals surface area contributed by atoms with Gasteiger partial charge in [0.2, 0.25) is 0 Å². The van der Waals surface area contributed by atoms with Crippen LogP contribution >= 0.6 is 0 Å². The second kappa shape index (κ2) is 20.5. The van der Waals surface area contributed by atoms with Crippen molar-refractivity contribution in [1.82, 2.24) is 9.55 Å². The Morgan fingerprint density at radius 1 is 0.541 bits per heavy atom. The molecule has 13 rings (SSSR count). The van der Waals surface area contributed by atoms with Crippen LogP contribution in [0, 0.1) is 16.7 Å². The third-order valence-corrected chi connectivity index (χ3v) is 16.5. The van der Waals surface area contributed by atoms with Gasteiger partial charge in [-0.2, -0.15) is 5.26 Å². The Bertz CT molecular complexity index is 4700. The maximum Gasteiger partial charge on any atom is 0.145 e. The van der Waals surface area contributed by atoms with Crippen molar-refractivity contribution in [2.75, 3.05) is 16.5 Å². The quantitative estimate of drug-likeness (QED) is 0.143. The van der Waals surface area contributed by atoms with Crippen molar-refractivity contribution in [2.45, 2.75) is 106 Å². The van der Waals surface area contributed by atoms with Gasteiger partial charge in [-0.25, -0.2) is 4.98 Å². The highest BCUT2D eigenvalue weighted by atomic mass is 16.5. The third kappa shape index (κ3) is 10.2. The molecule has 3 aromatic heterocycles. The van der Waals surface area contributed by atoms with E-state index < -0.39 is 11.8 Å². The van der Waals surface area contributed by atoms with Gasteiger partial charge in [-0.1, -0.05) is 180 Å². The molecular formula is C78H73N5O2. The summed E-state index contributed by atoms with van der Waals surface area (Å²) in [4.78, 5) is 10.0. The number of aromatic nitrogens is 2. The molecule has 0 radical (unpaired) electrons. The minimum atomic E-state index is -1.93. The van der Waals surface area contributed by atoms with Gasteiger partial charge in [0, 0.05) is 59.6 Å². The number of nitrogens with zero attached hydrogens (tertiary/aromatic N) is 5. The standard InChI is InChI=1S/C78H73N5O2/c1-75(2,3)45-53-39-71(80-47-65(53)52-37-54(76(4,5)6)40-55(38-52)77(7,8)9)83-68-35-34-61-60-32-30-49(46-79)36-70(60)85-74(61)72(68)62-33-31-59(44-69(62)83)84-58-27-21-26-57(43-58)81-48-82(67-29-20-19-28-66(67)81)73-63(50-22-15-13-16-23-50)41-56(78(10,11)12)42-64(73)51-24-17-14-18-25-51/h13-44,47H,45,48H2,1-12H3/i45D2,47D. The SMILES string of the molecule is [2H]c1nc(-n2c3cc(Oc4cccc(N5CN(c6c(-c7ccccc7)cc(C(C)(C)C)cc6-c6ccccc6)c6ccccc65)c4)ccc3c3c4oc5cc(C#N)ccc5c4ccc32)cc(C([2H])([2H])C(C)(C)C)c1-c1cc(C(C)(C)C)cc(C(C)(C)C)c1. The normalized spacial score (nSPS) is 13.8. The summed E-state index contributed by atoms with van der Waals surface area (Å²) < 4.78 is 45.9. The molecular weight excluding hydrogens is 1040 g/mol. The van der Waals surface area contributed by atoms with E-state index in [1.54, 1.807) is 6.07 Å². The summed E-state index contributed by atoms with van der Waals surface area (Å²) in [5.74, 6) is 1.59. The molecule has 0 fully saturated rings. The van der Waals surface area contributed by atoms with Gasteiger partial charge in [0.15, 0.2) is 0 Å². The Morgan fingerprint density at radius 2 is 1.13 bits per heavy atom. The number of pyridine rings is 1. The van der Waals surface area contributed by atoms with Crippen molar-refractivity contribution >= 4 is 66.5 Å². The lowest BCUT2D eigenvalue weighted by atomic mass is 9.78. The third-order valence-electron chi connectivity index (χ3n) is 16.5. The number of rotatable bonds is 9. The molecule has 0 saturated heterocycles.